The SMILES string of the molecule is CC1(C)CC(OCc2ccccc2)CC(C)(C)N1CC=CCN1C(C)(C)CC(OCc2ccccc2)CC1(C)C. The van der Waals surface area contributed by atoms with Gasteiger partial charge in [-0.3, -0.25) is 9.80 Å². The number of benzene rings is 2. The lowest BCUT2D eigenvalue weighted by Crippen LogP contribution is -2.62. The quantitative estimate of drug-likeness (QED) is 0.282. The summed E-state index contributed by atoms with van der Waals surface area (Å²) >= 11 is 0. The fourth-order valence-electron chi connectivity index (χ4n) is 7.61. The fraction of sp³-hybridized carbons (Fsp3) is 0.611. The largest absolute Gasteiger partial charge is 0.373 e. The molecule has 40 heavy (non-hydrogen) atoms. The van der Waals surface area contributed by atoms with E-state index in [0.29, 0.717) is 13.2 Å². The molecule has 0 N–H and O–H groups in total. The van der Waals surface area contributed by atoms with Crippen LogP contribution in [-0.2, 0) is 22.7 Å². The van der Waals surface area contributed by atoms with E-state index in [1.807, 2.05) is 0 Å². The molecule has 2 heterocycles. The van der Waals surface area contributed by atoms with Crippen molar-refractivity contribution in [2.75, 3.05) is 13.1 Å². The van der Waals surface area contributed by atoms with Gasteiger partial charge in [0.1, 0.15) is 0 Å². The summed E-state index contributed by atoms with van der Waals surface area (Å²) in [6, 6.07) is 21.1. The lowest BCUT2D eigenvalue weighted by Gasteiger charge is -2.55. The van der Waals surface area contributed by atoms with Gasteiger partial charge in [-0.15, -0.1) is 0 Å². The average molecular weight is 547 g/mol. The molecular formula is C36H54N2O2. The maximum Gasteiger partial charge on any atom is 0.0720 e. The summed E-state index contributed by atoms with van der Waals surface area (Å²) in [4.78, 5) is 5.36. The van der Waals surface area contributed by atoms with Crippen LogP contribution in [0.15, 0.2) is 72.8 Å². The van der Waals surface area contributed by atoms with Gasteiger partial charge in [-0.05, 0) is 92.2 Å². The predicted molar refractivity (Wildman–Crippen MR) is 167 cm³/mol. The molecule has 0 bridgehead atoms. The van der Waals surface area contributed by atoms with Crippen LogP contribution in [0.5, 0.6) is 0 Å². The van der Waals surface area contributed by atoms with Gasteiger partial charge in [0.25, 0.3) is 0 Å². The van der Waals surface area contributed by atoms with Crippen molar-refractivity contribution in [2.45, 2.75) is 129 Å². The van der Waals surface area contributed by atoms with Crippen LogP contribution in [0.25, 0.3) is 0 Å². The van der Waals surface area contributed by atoms with E-state index in [1.54, 1.807) is 0 Å². The van der Waals surface area contributed by atoms with Crippen LogP contribution in [0.3, 0.4) is 0 Å². The Balaban J connectivity index is 1.31. The van der Waals surface area contributed by atoms with Gasteiger partial charge in [0.05, 0.1) is 25.4 Å². The molecular weight excluding hydrogens is 492 g/mol. The van der Waals surface area contributed by atoms with E-state index in [4.69, 9.17) is 9.47 Å². The summed E-state index contributed by atoms with van der Waals surface area (Å²) in [6.45, 7) is 22.4. The fourth-order valence-corrected chi connectivity index (χ4v) is 7.61. The van der Waals surface area contributed by atoms with E-state index in [2.05, 4.69) is 138 Å². The summed E-state index contributed by atoms with van der Waals surface area (Å²) in [7, 11) is 0. The van der Waals surface area contributed by atoms with Crippen LogP contribution < -0.4 is 0 Å². The van der Waals surface area contributed by atoms with Crippen LogP contribution in [0.4, 0.5) is 0 Å². The third-order valence-electron chi connectivity index (χ3n) is 9.23. The number of hydrogen-bond donors (Lipinski definition) is 0. The first-order valence-electron chi connectivity index (χ1n) is 15.3. The molecule has 220 valence electrons. The van der Waals surface area contributed by atoms with Crippen molar-refractivity contribution in [3.8, 4) is 0 Å². The molecule has 0 aliphatic carbocycles. The number of likely N-dealkylation sites (tertiary alicyclic amines) is 2. The number of rotatable bonds is 10. The molecule has 2 fully saturated rings. The van der Waals surface area contributed by atoms with Crippen LogP contribution in [0.2, 0.25) is 0 Å². The molecule has 0 radical (unpaired) electrons. The molecule has 0 unspecified atom stereocenters. The van der Waals surface area contributed by atoms with Crippen LogP contribution in [0, 0.1) is 0 Å². The monoisotopic (exact) mass is 546 g/mol. The number of nitrogens with zero attached hydrogens (tertiary/aromatic N) is 2. The zero-order valence-electron chi connectivity index (χ0n) is 26.5. The Morgan fingerprint density at radius 1 is 0.550 bits per heavy atom. The molecule has 2 saturated heterocycles. The van der Waals surface area contributed by atoms with Gasteiger partial charge in [-0.1, -0.05) is 72.8 Å². The minimum absolute atomic E-state index is 0.0699. The molecule has 0 aromatic heterocycles. The highest BCUT2D eigenvalue weighted by Crippen LogP contribution is 2.41. The van der Waals surface area contributed by atoms with Crippen LogP contribution in [-0.4, -0.2) is 57.3 Å². The van der Waals surface area contributed by atoms with Crippen molar-refractivity contribution in [3.63, 3.8) is 0 Å². The molecule has 2 aliphatic rings. The minimum Gasteiger partial charge on any atom is -0.373 e. The van der Waals surface area contributed by atoms with E-state index >= 15 is 0 Å². The van der Waals surface area contributed by atoms with E-state index in [9.17, 15) is 0 Å². The smallest absolute Gasteiger partial charge is 0.0720 e. The summed E-state index contributed by atoms with van der Waals surface area (Å²) in [5, 5.41) is 0. The molecule has 2 aromatic rings. The van der Waals surface area contributed by atoms with E-state index in [1.165, 1.54) is 11.1 Å². The van der Waals surface area contributed by atoms with Crippen molar-refractivity contribution in [3.05, 3.63) is 83.9 Å². The summed E-state index contributed by atoms with van der Waals surface area (Å²) in [6.07, 6.45) is 9.55. The Bertz CT molecular complexity index is 967. The number of ether oxygens (including phenoxy) is 2. The second kappa shape index (κ2) is 12.5. The third-order valence-corrected chi connectivity index (χ3v) is 9.23. The molecule has 4 nitrogen and oxygen atoms in total. The highest BCUT2D eigenvalue weighted by Gasteiger charge is 2.46. The van der Waals surface area contributed by atoms with Crippen molar-refractivity contribution in [1.82, 2.24) is 9.80 Å². The van der Waals surface area contributed by atoms with E-state index in [-0.39, 0.29) is 34.4 Å². The second-order valence-corrected chi connectivity index (χ2v) is 14.6. The number of piperidine rings is 2. The minimum atomic E-state index is 0.0699. The maximum atomic E-state index is 6.43. The van der Waals surface area contributed by atoms with Crippen LogP contribution in [0.1, 0.15) is 92.2 Å². The van der Waals surface area contributed by atoms with Gasteiger partial charge in [0.2, 0.25) is 0 Å². The average Bonchev–Trinajstić information content (AvgIpc) is 2.86. The van der Waals surface area contributed by atoms with Gasteiger partial charge in [0, 0.05) is 35.2 Å². The van der Waals surface area contributed by atoms with Crippen molar-refractivity contribution >= 4 is 0 Å². The third kappa shape index (κ3) is 7.85. The van der Waals surface area contributed by atoms with Gasteiger partial charge >= 0.3 is 0 Å². The normalized spacial score (nSPS) is 23.5. The lowest BCUT2D eigenvalue weighted by molar-refractivity contribution is -0.105. The van der Waals surface area contributed by atoms with Gasteiger partial charge < -0.3 is 9.47 Å². The molecule has 2 aliphatic heterocycles. The van der Waals surface area contributed by atoms with Gasteiger partial charge in [-0.25, -0.2) is 0 Å². The Labute approximate surface area is 244 Å². The Kier molecular flexibility index (Phi) is 9.67. The first-order chi connectivity index (χ1) is 18.8. The molecule has 2 aromatic carbocycles. The maximum absolute atomic E-state index is 6.43. The second-order valence-electron chi connectivity index (χ2n) is 14.6. The van der Waals surface area contributed by atoms with E-state index < -0.39 is 0 Å². The Morgan fingerprint density at radius 2 is 0.850 bits per heavy atom. The highest BCUT2D eigenvalue weighted by molar-refractivity contribution is 5.15. The molecule has 0 spiro atoms. The topological polar surface area (TPSA) is 24.9 Å². The molecule has 4 rings (SSSR count). The summed E-state index contributed by atoms with van der Waals surface area (Å²) in [5.41, 5.74) is 2.78. The first kappa shape index (κ1) is 31.0. The molecule has 0 atom stereocenters. The standard InChI is InChI=1S/C36H54N2O2/c1-33(2)23-31(39-27-29-17-11-9-12-18-29)24-34(3,4)37(33)21-15-16-22-38-35(5,6)25-32(26-36(38,7)8)40-28-30-19-13-10-14-20-30/h9-20,31-32H,21-28H2,1-8H3. The number of hydrogen-bond acceptors (Lipinski definition) is 4. The Morgan fingerprint density at radius 3 is 1.15 bits per heavy atom. The summed E-state index contributed by atoms with van der Waals surface area (Å²) in [5.74, 6) is 0. The zero-order chi connectivity index (χ0) is 29.0. The van der Waals surface area contributed by atoms with Crippen molar-refractivity contribution in [2.24, 2.45) is 0 Å². The van der Waals surface area contributed by atoms with E-state index in [0.717, 1.165) is 38.8 Å². The van der Waals surface area contributed by atoms with Gasteiger partial charge in [0.15, 0.2) is 0 Å². The highest BCUT2D eigenvalue weighted by atomic mass is 16.5. The summed E-state index contributed by atoms with van der Waals surface area (Å²) < 4.78 is 12.9. The van der Waals surface area contributed by atoms with Crippen molar-refractivity contribution < 1.29 is 9.47 Å². The lowest BCUT2D eigenvalue weighted by atomic mass is 9.77. The Hall–Kier alpha value is -1.98. The predicted octanol–water partition coefficient (Wildman–Crippen LogP) is 8.02. The molecule has 4 heteroatoms. The first-order valence-corrected chi connectivity index (χ1v) is 15.3. The zero-order valence-corrected chi connectivity index (χ0v) is 26.5. The molecule has 0 amide bonds. The van der Waals surface area contributed by atoms with Crippen molar-refractivity contribution in [1.29, 1.82) is 0 Å². The van der Waals surface area contributed by atoms with Crippen LogP contribution >= 0.6 is 0 Å². The molecule has 0 saturated carbocycles. The van der Waals surface area contributed by atoms with Gasteiger partial charge in [-0.2, -0.15) is 0 Å².